The zero-order chi connectivity index (χ0) is 19.6. The SMILES string of the molecule is CCN(C(=O)[C@@H](C)N1CCN(c2ccccc2F)CC1)[C@@H]1CCS(=O)(=O)C1. The van der Waals surface area contributed by atoms with Crippen LogP contribution >= 0.6 is 0 Å². The Hall–Kier alpha value is -1.67. The maximum absolute atomic E-state index is 14.0. The van der Waals surface area contributed by atoms with Crippen LogP contribution in [-0.4, -0.2) is 80.4 Å². The number of hydrogen-bond acceptors (Lipinski definition) is 5. The monoisotopic (exact) mass is 397 g/mol. The van der Waals surface area contributed by atoms with Gasteiger partial charge in [-0.05, 0) is 32.4 Å². The van der Waals surface area contributed by atoms with Crippen molar-refractivity contribution in [3.63, 3.8) is 0 Å². The van der Waals surface area contributed by atoms with Gasteiger partial charge in [-0.2, -0.15) is 0 Å². The number of sulfone groups is 1. The van der Waals surface area contributed by atoms with E-state index in [1.807, 2.05) is 24.8 Å². The third-order valence-electron chi connectivity index (χ3n) is 5.69. The molecule has 0 aromatic heterocycles. The van der Waals surface area contributed by atoms with Crippen molar-refractivity contribution in [2.24, 2.45) is 0 Å². The molecule has 3 rings (SSSR count). The molecule has 0 aliphatic carbocycles. The maximum Gasteiger partial charge on any atom is 0.239 e. The van der Waals surface area contributed by atoms with E-state index in [4.69, 9.17) is 0 Å². The van der Waals surface area contributed by atoms with Crippen LogP contribution in [0.5, 0.6) is 0 Å². The van der Waals surface area contributed by atoms with E-state index in [1.54, 1.807) is 17.0 Å². The number of rotatable bonds is 5. The molecule has 0 saturated carbocycles. The van der Waals surface area contributed by atoms with E-state index in [0.29, 0.717) is 44.8 Å². The molecule has 0 radical (unpaired) electrons. The molecule has 2 fully saturated rings. The number of nitrogens with zero attached hydrogens (tertiary/aromatic N) is 3. The van der Waals surface area contributed by atoms with Crippen LogP contribution in [0.1, 0.15) is 20.3 Å². The minimum atomic E-state index is -3.03. The van der Waals surface area contributed by atoms with E-state index in [1.165, 1.54) is 6.07 Å². The van der Waals surface area contributed by atoms with Gasteiger partial charge in [0.05, 0.1) is 23.2 Å². The molecule has 2 heterocycles. The zero-order valence-corrected chi connectivity index (χ0v) is 16.8. The summed E-state index contributed by atoms with van der Waals surface area (Å²) >= 11 is 0. The van der Waals surface area contributed by atoms with Crippen LogP contribution < -0.4 is 4.90 Å². The molecular formula is C19H28FN3O3S. The molecule has 2 atom stereocenters. The van der Waals surface area contributed by atoms with Crippen molar-refractivity contribution in [2.45, 2.75) is 32.4 Å². The molecule has 150 valence electrons. The Morgan fingerprint density at radius 2 is 1.93 bits per heavy atom. The molecule has 27 heavy (non-hydrogen) atoms. The molecule has 2 aliphatic rings. The summed E-state index contributed by atoms with van der Waals surface area (Å²) in [5.41, 5.74) is 0.600. The minimum Gasteiger partial charge on any atom is -0.367 e. The summed E-state index contributed by atoms with van der Waals surface area (Å²) in [6.07, 6.45) is 0.524. The topological polar surface area (TPSA) is 60.9 Å². The highest BCUT2D eigenvalue weighted by Gasteiger charge is 2.37. The van der Waals surface area contributed by atoms with Crippen molar-refractivity contribution in [3.8, 4) is 0 Å². The first-order valence-corrected chi connectivity index (χ1v) is 11.4. The molecule has 1 amide bonds. The van der Waals surface area contributed by atoms with Gasteiger partial charge in [0.15, 0.2) is 9.84 Å². The lowest BCUT2D eigenvalue weighted by Crippen LogP contribution is -2.56. The molecular weight excluding hydrogens is 369 g/mol. The fourth-order valence-electron chi connectivity index (χ4n) is 4.07. The average molecular weight is 398 g/mol. The number of anilines is 1. The number of benzene rings is 1. The predicted octanol–water partition coefficient (Wildman–Crippen LogP) is 1.37. The maximum atomic E-state index is 14.0. The first kappa shape index (κ1) is 20.1. The van der Waals surface area contributed by atoms with Gasteiger partial charge < -0.3 is 9.80 Å². The largest absolute Gasteiger partial charge is 0.367 e. The van der Waals surface area contributed by atoms with E-state index in [0.717, 1.165) is 0 Å². The van der Waals surface area contributed by atoms with Crippen LogP contribution in [0.2, 0.25) is 0 Å². The van der Waals surface area contributed by atoms with E-state index in [9.17, 15) is 17.6 Å². The molecule has 1 aromatic carbocycles. The molecule has 6 nitrogen and oxygen atoms in total. The number of hydrogen-bond donors (Lipinski definition) is 0. The highest BCUT2D eigenvalue weighted by atomic mass is 32.2. The smallest absolute Gasteiger partial charge is 0.239 e. The lowest BCUT2D eigenvalue weighted by atomic mass is 10.1. The standard InChI is InChI=1S/C19H28FN3O3S/c1-3-23(16-8-13-27(25,26)14-16)19(24)15(2)21-9-11-22(12-10-21)18-7-5-4-6-17(18)20/h4-7,15-16H,3,8-14H2,1-2H3/t15-,16-/m1/s1. The lowest BCUT2D eigenvalue weighted by Gasteiger charge is -2.40. The Labute approximate surface area is 160 Å². The zero-order valence-electron chi connectivity index (χ0n) is 16.0. The molecule has 1 aromatic rings. The fourth-order valence-corrected chi connectivity index (χ4v) is 5.80. The van der Waals surface area contributed by atoms with Crippen LogP contribution in [0.3, 0.4) is 0 Å². The van der Waals surface area contributed by atoms with Crippen molar-refractivity contribution >= 4 is 21.4 Å². The average Bonchev–Trinajstić information content (AvgIpc) is 3.01. The third kappa shape index (κ3) is 4.43. The van der Waals surface area contributed by atoms with Gasteiger partial charge in [0.2, 0.25) is 5.91 Å². The number of likely N-dealkylation sites (N-methyl/N-ethyl adjacent to an activating group) is 1. The Balaban J connectivity index is 1.60. The van der Waals surface area contributed by atoms with Gasteiger partial charge >= 0.3 is 0 Å². The van der Waals surface area contributed by atoms with Gasteiger partial charge in [0, 0.05) is 38.8 Å². The summed E-state index contributed by atoms with van der Waals surface area (Å²) in [7, 11) is -3.03. The molecule has 8 heteroatoms. The van der Waals surface area contributed by atoms with E-state index in [-0.39, 0.29) is 35.3 Å². The lowest BCUT2D eigenvalue weighted by molar-refractivity contribution is -0.138. The van der Waals surface area contributed by atoms with Crippen LogP contribution in [0.15, 0.2) is 24.3 Å². The summed E-state index contributed by atoms with van der Waals surface area (Å²) < 4.78 is 37.5. The molecule has 0 spiro atoms. The van der Waals surface area contributed by atoms with Crippen LogP contribution in [0, 0.1) is 5.82 Å². The minimum absolute atomic E-state index is 0.0149. The number of carbonyl (C=O) groups is 1. The highest BCUT2D eigenvalue weighted by molar-refractivity contribution is 7.91. The van der Waals surface area contributed by atoms with Crippen LogP contribution in [-0.2, 0) is 14.6 Å². The molecule has 2 saturated heterocycles. The molecule has 0 unspecified atom stereocenters. The second kappa shape index (κ2) is 8.14. The van der Waals surface area contributed by atoms with Gasteiger partial charge in [-0.1, -0.05) is 12.1 Å². The number of carbonyl (C=O) groups excluding carboxylic acids is 1. The van der Waals surface area contributed by atoms with Crippen LogP contribution in [0.25, 0.3) is 0 Å². The summed E-state index contributed by atoms with van der Waals surface area (Å²) in [6.45, 7) is 6.94. The number of amides is 1. The summed E-state index contributed by atoms with van der Waals surface area (Å²) in [5, 5.41) is 0. The van der Waals surface area contributed by atoms with E-state index < -0.39 is 9.84 Å². The normalized spacial score (nSPS) is 24.0. The van der Waals surface area contributed by atoms with E-state index in [2.05, 4.69) is 4.90 Å². The van der Waals surface area contributed by atoms with Crippen molar-refractivity contribution in [1.82, 2.24) is 9.80 Å². The number of piperazine rings is 1. The Bertz CT molecular complexity index is 778. The van der Waals surface area contributed by atoms with Gasteiger partial charge in [-0.3, -0.25) is 9.69 Å². The van der Waals surface area contributed by atoms with Crippen LogP contribution in [0.4, 0.5) is 10.1 Å². The second-order valence-electron chi connectivity index (χ2n) is 7.33. The molecule has 0 bridgehead atoms. The summed E-state index contributed by atoms with van der Waals surface area (Å²) in [5.74, 6) is -0.00839. The number of para-hydroxylation sites is 1. The first-order valence-electron chi connectivity index (χ1n) is 9.57. The van der Waals surface area contributed by atoms with Crippen molar-refractivity contribution in [1.29, 1.82) is 0 Å². The van der Waals surface area contributed by atoms with Gasteiger partial charge in [0.1, 0.15) is 5.82 Å². The first-order chi connectivity index (χ1) is 12.8. The molecule has 0 N–H and O–H groups in total. The fraction of sp³-hybridized carbons (Fsp3) is 0.632. The van der Waals surface area contributed by atoms with Gasteiger partial charge in [0.25, 0.3) is 0 Å². The van der Waals surface area contributed by atoms with Gasteiger partial charge in [-0.25, -0.2) is 12.8 Å². The van der Waals surface area contributed by atoms with Crippen molar-refractivity contribution in [3.05, 3.63) is 30.1 Å². The summed E-state index contributed by atoms with van der Waals surface area (Å²) in [6, 6.07) is 6.22. The number of halogens is 1. The van der Waals surface area contributed by atoms with Crippen molar-refractivity contribution in [2.75, 3.05) is 49.1 Å². The summed E-state index contributed by atoms with van der Waals surface area (Å²) in [4.78, 5) is 18.8. The molecule has 2 aliphatic heterocycles. The van der Waals surface area contributed by atoms with Gasteiger partial charge in [-0.15, -0.1) is 0 Å². The Kier molecular flexibility index (Phi) is 6.05. The Morgan fingerprint density at radius 3 is 2.48 bits per heavy atom. The third-order valence-corrected chi connectivity index (χ3v) is 7.44. The predicted molar refractivity (Wildman–Crippen MR) is 104 cm³/mol. The van der Waals surface area contributed by atoms with Crippen molar-refractivity contribution < 1.29 is 17.6 Å². The quantitative estimate of drug-likeness (QED) is 0.751. The second-order valence-corrected chi connectivity index (χ2v) is 9.56. The Morgan fingerprint density at radius 1 is 1.26 bits per heavy atom. The van der Waals surface area contributed by atoms with E-state index >= 15 is 0 Å². The highest BCUT2D eigenvalue weighted by Crippen LogP contribution is 2.22.